The molecule has 0 aliphatic carbocycles. The lowest BCUT2D eigenvalue weighted by atomic mass is 10.0. The van der Waals surface area contributed by atoms with Crippen molar-refractivity contribution in [3.05, 3.63) is 65.2 Å². The van der Waals surface area contributed by atoms with Gasteiger partial charge < -0.3 is 35.1 Å². The summed E-state index contributed by atoms with van der Waals surface area (Å²) in [6.45, 7) is 9.20. The van der Waals surface area contributed by atoms with E-state index < -0.39 is 23.9 Å². The Bertz CT molecular complexity index is 1340. The van der Waals surface area contributed by atoms with Gasteiger partial charge in [-0.15, -0.1) is 0 Å². The van der Waals surface area contributed by atoms with E-state index in [1.807, 2.05) is 38.1 Å². The summed E-state index contributed by atoms with van der Waals surface area (Å²) >= 11 is 0. The molecule has 4 amide bonds. The Hall–Kier alpha value is -3.96. The number of hydrogen-bond acceptors (Lipinski definition) is 7. The van der Waals surface area contributed by atoms with Crippen LogP contribution < -0.4 is 20.7 Å². The van der Waals surface area contributed by atoms with Gasteiger partial charge in [0.1, 0.15) is 24.4 Å². The zero-order valence-electron chi connectivity index (χ0n) is 28.6. The third kappa shape index (κ3) is 11.6. The van der Waals surface area contributed by atoms with Crippen LogP contribution in [0.2, 0.25) is 0 Å². The lowest BCUT2D eigenvalue weighted by molar-refractivity contribution is -0.137. The van der Waals surface area contributed by atoms with Crippen molar-refractivity contribution in [2.24, 2.45) is 5.92 Å². The van der Waals surface area contributed by atoms with Crippen molar-refractivity contribution >= 4 is 23.6 Å². The number of para-hydroxylation sites is 1. The molecule has 3 N–H and O–H groups in total. The summed E-state index contributed by atoms with van der Waals surface area (Å²) in [4.78, 5) is 55.6. The standard InChI is InChI=1S/C37H52N4O7/c1-4-5-18-41-19-21-48-33-11-7-6-10-30(33)35(43)40-31(16-17-34(42)39-32(37(41)45)22-26(2)3)36(44)38-23-27-12-14-28(15-13-27)24-46-25-29-9-8-20-47-29/h6-7,10-15,26,29,31-32H,4-5,8-9,16-25H2,1-3H3,(H,38,44)(H,39,42)(H,40,43)/t29?,31-,32-/m0/s1. The van der Waals surface area contributed by atoms with E-state index in [2.05, 4.69) is 22.9 Å². The smallest absolute Gasteiger partial charge is 0.255 e. The number of nitrogens with zero attached hydrogens (tertiary/aromatic N) is 1. The van der Waals surface area contributed by atoms with Crippen molar-refractivity contribution in [1.29, 1.82) is 0 Å². The van der Waals surface area contributed by atoms with Gasteiger partial charge in [-0.2, -0.15) is 0 Å². The number of benzene rings is 2. The van der Waals surface area contributed by atoms with Gasteiger partial charge >= 0.3 is 0 Å². The van der Waals surface area contributed by atoms with Crippen LogP contribution in [0, 0.1) is 5.92 Å². The van der Waals surface area contributed by atoms with E-state index in [9.17, 15) is 19.2 Å². The Labute approximate surface area is 284 Å². The van der Waals surface area contributed by atoms with Crippen LogP contribution in [0.3, 0.4) is 0 Å². The topological polar surface area (TPSA) is 135 Å². The third-order valence-electron chi connectivity index (χ3n) is 8.55. The number of unbranched alkanes of at least 4 members (excludes halogenated alkanes) is 1. The minimum absolute atomic E-state index is 0.0477. The Kier molecular flexibility index (Phi) is 14.7. The van der Waals surface area contributed by atoms with Gasteiger partial charge in [-0.25, -0.2) is 0 Å². The van der Waals surface area contributed by atoms with Crippen LogP contribution in [0.4, 0.5) is 0 Å². The highest BCUT2D eigenvalue weighted by atomic mass is 16.5. The number of fused-ring (bicyclic) bond motifs is 1. The summed E-state index contributed by atoms with van der Waals surface area (Å²) in [5.74, 6) is -0.863. The summed E-state index contributed by atoms with van der Waals surface area (Å²) < 4.78 is 17.4. The van der Waals surface area contributed by atoms with Gasteiger partial charge in [-0.05, 0) is 61.3 Å². The van der Waals surface area contributed by atoms with Crippen LogP contribution in [0.25, 0.3) is 0 Å². The van der Waals surface area contributed by atoms with E-state index in [1.54, 1.807) is 29.2 Å². The first kappa shape index (κ1) is 36.9. The van der Waals surface area contributed by atoms with Crippen molar-refractivity contribution < 1.29 is 33.4 Å². The first-order valence-electron chi connectivity index (χ1n) is 17.4. The minimum Gasteiger partial charge on any atom is -0.491 e. The van der Waals surface area contributed by atoms with Gasteiger partial charge in [0.15, 0.2) is 0 Å². The Morgan fingerprint density at radius 1 is 1.02 bits per heavy atom. The maximum Gasteiger partial charge on any atom is 0.255 e. The molecule has 0 radical (unpaired) electrons. The molecule has 2 aromatic carbocycles. The predicted octanol–water partition coefficient (Wildman–Crippen LogP) is 4.13. The molecule has 1 unspecified atom stereocenters. The molecule has 3 atom stereocenters. The molecule has 2 aromatic rings. The first-order valence-corrected chi connectivity index (χ1v) is 17.4. The normalized spacial score (nSPS) is 21.0. The summed E-state index contributed by atoms with van der Waals surface area (Å²) in [5, 5.41) is 8.67. The van der Waals surface area contributed by atoms with E-state index >= 15 is 0 Å². The van der Waals surface area contributed by atoms with E-state index in [4.69, 9.17) is 14.2 Å². The summed E-state index contributed by atoms with van der Waals surface area (Å²) in [6, 6.07) is 12.9. The van der Waals surface area contributed by atoms with Crippen molar-refractivity contribution in [1.82, 2.24) is 20.9 Å². The second-order valence-corrected chi connectivity index (χ2v) is 13.0. The fourth-order valence-corrected chi connectivity index (χ4v) is 5.84. The second kappa shape index (κ2) is 19.1. The molecule has 1 saturated heterocycles. The highest BCUT2D eigenvalue weighted by molar-refractivity contribution is 5.99. The van der Waals surface area contributed by atoms with Crippen molar-refractivity contribution in [2.45, 2.75) is 97.1 Å². The molecule has 11 heteroatoms. The van der Waals surface area contributed by atoms with E-state index in [1.165, 1.54) is 0 Å². The molecule has 4 rings (SSSR count). The number of carbonyl (C=O) groups is 4. The van der Waals surface area contributed by atoms with Gasteiger partial charge in [0.2, 0.25) is 17.7 Å². The van der Waals surface area contributed by atoms with Gasteiger partial charge in [-0.1, -0.05) is 63.6 Å². The molecule has 0 aromatic heterocycles. The van der Waals surface area contributed by atoms with Crippen LogP contribution in [0.15, 0.2) is 48.5 Å². The summed E-state index contributed by atoms with van der Waals surface area (Å²) in [6.07, 6.45) is 4.49. The molecular formula is C37H52N4O7. The van der Waals surface area contributed by atoms with Crippen LogP contribution in [-0.4, -0.2) is 79.6 Å². The minimum atomic E-state index is -0.993. The molecule has 0 spiro atoms. The molecule has 11 nitrogen and oxygen atoms in total. The molecule has 2 aliphatic heterocycles. The van der Waals surface area contributed by atoms with Crippen LogP contribution in [0.1, 0.15) is 87.2 Å². The van der Waals surface area contributed by atoms with Crippen LogP contribution in [0.5, 0.6) is 5.75 Å². The van der Waals surface area contributed by atoms with Crippen molar-refractivity contribution in [2.75, 3.05) is 32.9 Å². The van der Waals surface area contributed by atoms with E-state index in [0.29, 0.717) is 38.5 Å². The first-order chi connectivity index (χ1) is 23.2. The van der Waals surface area contributed by atoms with E-state index in [0.717, 1.165) is 43.4 Å². The molecule has 262 valence electrons. The predicted molar refractivity (Wildman–Crippen MR) is 182 cm³/mol. The number of carbonyl (C=O) groups excluding carboxylic acids is 4. The lowest BCUT2D eigenvalue weighted by Gasteiger charge is -2.29. The van der Waals surface area contributed by atoms with Gasteiger partial charge in [0.25, 0.3) is 5.91 Å². The number of nitrogens with one attached hydrogen (secondary N) is 3. The highest BCUT2D eigenvalue weighted by Gasteiger charge is 2.29. The fourth-order valence-electron chi connectivity index (χ4n) is 5.84. The quantitative estimate of drug-likeness (QED) is 0.311. The summed E-state index contributed by atoms with van der Waals surface area (Å²) in [7, 11) is 0. The van der Waals surface area contributed by atoms with Gasteiger partial charge in [-0.3, -0.25) is 19.2 Å². The SMILES string of the molecule is CCCCN1CCOc2ccccc2C(=O)N[C@H](C(=O)NCc2ccc(COCC3CCCO3)cc2)CCC(=O)N[C@@H](CC(C)C)C1=O. The molecule has 1 fully saturated rings. The van der Waals surface area contributed by atoms with Gasteiger partial charge in [0, 0.05) is 26.1 Å². The third-order valence-corrected chi connectivity index (χ3v) is 8.55. The van der Waals surface area contributed by atoms with E-state index in [-0.39, 0.29) is 55.4 Å². The second-order valence-electron chi connectivity index (χ2n) is 13.0. The maximum atomic E-state index is 13.7. The number of ether oxygens (including phenoxy) is 3. The maximum absolute atomic E-state index is 13.7. The molecule has 0 saturated carbocycles. The largest absolute Gasteiger partial charge is 0.491 e. The molecule has 2 aliphatic rings. The molecule has 0 bridgehead atoms. The number of rotatable bonds is 12. The van der Waals surface area contributed by atoms with Crippen LogP contribution >= 0.6 is 0 Å². The number of hydrogen-bond donors (Lipinski definition) is 3. The van der Waals surface area contributed by atoms with Crippen molar-refractivity contribution in [3.63, 3.8) is 0 Å². The molecule has 2 heterocycles. The lowest BCUT2D eigenvalue weighted by Crippen LogP contribution is -2.51. The van der Waals surface area contributed by atoms with Gasteiger partial charge in [0.05, 0.1) is 31.4 Å². The fraction of sp³-hybridized carbons (Fsp3) is 0.568. The monoisotopic (exact) mass is 664 g/mol. The Morgan fingerprint density at radius 2 is 1.79 bits per heavy atom. The average molecular weight is 665 g/mol. The molecular weight excluding hydrogens is 612 g/mol. The van der Waals surface area contributed by atoms with Crippen molar-refractivity contribution in [3.8, 4) is 5.75 Å². The zero-order valence-corrected chi connectivity index (χ0v) is 28.6. The highest BCUT2D eigenvalue weighted by Crippen LogP contribution is 2.20. The zero-order chi connectivity index (χ0) is 34.3. The number of amides is 4. The molecule has 48 heavy (non-hydrogen) atoms. The van der Waals surface area contributed by atoms with Crippen LogP contribution in [-0.2, 0) is 37.0 Å². The average Bonchev–Trinajstić information content (AvgIpc) is 3.60. The Balaban J connectivity index is 1.44. The summed E-state index contributed by atoms with van der Waals surface area (Å²) in [5.41, 5.74) is 2.18. The Morgan fingerprint density at radius 3 is 2.52 bits per heavy atom.